The fraction of sp³-hybridized carbons (Fsp3) is 0.519. The van der Waals surface area contributed by atoms with Crippen LogP contribution < -0.4 is 0 Å². The Balaban J connectivity index is 1.40. The molecule has 1 amide bonds. The fourth-order valence-corrected chi connectivity index (χ4v) is 9.12. The maximum Gasteiger partial charge on any atom is 0.270 e. The number of amides is 1. The molecule has 5 rings (SSSR count). The van der Waals surface area contributed by atoms with Crippen molar-refractivity contribution in [2.45, 2.75) is 56.4 Å². The van der Waals surface area contributed by atoms with Crippen LogP contribution in [0.2, 0.25) is 0 Å². The Morgan fingerprint density at radius 1 is 0.946 bits per heavy atom. The molecule has 0 radical (unpaired) electrons. The summed E-state index contributed by atoms with van der Waals surface area (Å²) in [6.07, 6.45) is 6.72. The lowest BCUT2D eigenvalue weighted by molar-refractivity contribution is -0.127. The Hall–Kier alpha value is -2.27. The highest BCUT2D eigenvalue weighted by Gasteiger charge is 2.55. The summed E-state index contributed by atoms with van der Waals surface area (Å²) < 4.78 is 56.7. The van der Waals surface area contributed by atoms with Crippen LogP contribution in [0, 0.1) is 5.92 Å². The third-order valence-corrected chi connectivity index (χ3v) is 11.4. The van der Waals surface area contributed by atoms with Crippen LogP contribution in [-0.2, 0) is 24.8 Å². The van der Waals surface area contributed by atoms with Crippen molar-refractivity contribution in [2.24, 2.45) is 5.92 Å². The SMILES string of the molecule is CCC[C@H]1C(=O)N(S(=O)(=O)c2ccc3ccccc3c2)C2=CCN(S(=O)(=O)CCCN3CCCCC3)[C@@H]21. The van der Waals surface area contributed by atoms with E-state index in [0.29, 0.717) is 19.3 Å². The minimum atomic E-state index is -4.20. The van der Waals surface area contributed by atoms with Gasteiger partial charge in [-0.3, -0.25) is 4.79 Å². The number of benzene rings is 2. The number of carbonyl (C=O) groups excluding carboxylic acids is 1. The van der Waals surface area contributed by atoms with Crippen LogP contribution in [-0.4, -0.2) is 74.2 Å². The third kappa shape index (κ3) is 4.96. The second-order valence-electron chi connectivity index (χ2n) is 10.2. The molecule has 0 N–H and O–H groups in total. The van der Waals surface area contributed by atoms with Gasteiger partial charge in [-0.1, -0.05) is 50.1 Å². The van der Waals surface area contributed by atoms with Crippen molar-refractivity contribution >= 4 is 36.7 Å². The molecular weight excluding hydrogens is 510 g/mol. The molecule has 2 fully saturated rings. The molecule has 0 unspecified atom stereocenters. The lowest BCUT2D eigenvalue weighted by Crippen LogP contribution is -2.42. The highest BCUT2D eigenvalue weighted by atomic mass is 32.2. The van der Waals surface area contributed by atoms with E-state index in [-0.39, 0.29) is 22.9 Å². The monoisotopic (exact) mass is 545 g/mol. The minimum absolute atomic E-state index is 0.00835. The Morgan fingerprint density at radius 3 is 2.41 bits per heavy atom. The van der Waals surface area contributed by atoms with Gasteiger partial charge in [0.1, 0.15) is 0 Å². The lowest BCUT2D eigenvalue weighted by atomic mass is 9.97. The summed E-state index contributed by atoms with van der Waals surface area (Å²) in [6.45, 7) is 4.75. The average Bonchev–Trinajstić information content (AvgIpc) is 3.43. The second-order valence-corrected chi connectivity index (χ2v) is 14.1. The maximum atomic E-state index is 13.8. The van der Waals surface area contributed by atoms with Gasteiger partial charge in [0.05, 0.1) is 28.3 Å². The molecule has 37 heavy (non-hydrogen) atoms. The van der Waals surface area contributed by atoms with E-state index in [1.807, 2.05) is 31.2 Å². The third-order valence-electron chi connectivity index (χ3n) is 7.77. The van der Waals surface area contributed by atoms with Crippen LogP contribution in [0.25, 0.3) is 10.8 Å². The van der Waals surface area contributed by atoms with E-state index in [1.54, 1.807) is 18.2 Å². The molecule has 3 heterocycles. The van der Waals surface area contributed by atoms with Crippen molar-refractivity contribution in [1.82, 2.24) is 13.5 Å². The molecular formula is C27H35N3O5S2. The largest absolute Gasteiger partial charge is 0.303 e. The molecule has 200 valence electrons. The Kier molecular flexibility index (Phi) is 7.46. The van der Waals surface area contributed by atoms with Gasteiger partial charge in [0.25, 0.3) is 10.0 Å². The fourth-order valence-electron chi connectivity index (χ4n) is 5.93. The summed E-state index contributed by atoms with van der Waals surface area (Å²) in [5.74, 6) is -1.27. The number of fused-ring (bicyclic) bond motifs is 2. The summed E-state index contributed by atoms with van der Waals surface area (Å²) in [7, 11) is -7.87. The Labute approximate surface area is 220 Å². The van der Waals surface area contributed by atoms with E-state index in [4.69, 9.17) is 0 Å². The first-order valence-electron chi connectivity index (χ1n) is 13.2. The van der Waals surface area contributed by atoms with Gasteiger partial charge in [-0.2, -0.15) is 4.31 Å². The van der Waals surface area contributed by atoms with Crippen LogP contribution in [0.3, 0.4) is 0 Å². The van der Waals surface area contributed by atoms with Gasteiger partial charge in [-0.15, -0.1) is 0 Å². The molecule has 3 aliphatic heterocycles. The first kappa shape index (κ1) is 26.3. The Morgan fingerprint density at radius 2 is 1.68 bits per heavy atom. The van der Waals surface area contributed by atoms with Crippen molar-refractivity contribution in [1.29, 1.82) is 0 Å². The summed E-state index contributed by atoms with van der Waals surface area (Å²) >= 11 is 0. The number of hydrogen-bond donors (Lipinski definition) is 0. The van der Waals surface area contributed by atoms with Gasteiger partial charge >= 0.3 is 0 Å². The average molecular weight is 546 g/mol. The zero-order chi connectivity index (χ0) is 26.2. The van der Waals surface area contributed by atoms with Crippen LogP contribution in [0.5, 0.6) is 0 Å². The van der Waals surface area contributed by atoms with E-state index in [0.717, 1.165) is 47.6 Å². The van der Waals surface area contributed by atoms with Gasteiger partial charge in [0.2, 0.25) is 15.9 Å². The zero-order valence-corrected chi connectivity index (χ0v) is 22.9. The molecule has 0 aromatic heterocycles. The first-order chi connectivity index (χ1) is 17.7. The number of piperidine rings is 1. The maximum absolute atomic E-state index is 13.8. The van der Waals surface area contributed by atoms with E-state index in [2.05, 4.69) is 4.90 Å². The molecule has 3 aliphatic rings. The zero-order valence-electron chi connectivity index (χ0n) is 21.3. The topological polar surface area (TPSA) is 95.1 Å². The molecule has 2 aromatic rings. The molecule has 8 nitrogen and oxygen atoms in total. The smallest absolute Gasteiger partial charge is 0.270 e. The summed E-state index contributed by atoms with van der Waals surface area (Å²) in [4.78, 5) is 15.9. The quantitative estimate of drug-likeness (QED) is 0.478. The first-order valence-corrected chi connectivity index (χ1v) is 16.3. The predicted octanol–water partition coefficient (Wildman–Crippen LogP) is 3.56. The molecule has 0 spiro atoms. The highest BCUT2D eigenvalue weighted by Crippen LogP contribution is 2.43. The van der Waals surface area contributed by atoms with Crippen molar-refractivity contribution in [3.63, 3.8) is 0 Å². The second kappa shape index (κ2) is 10.5. The summed E-state index contributed by atoms with van der Waals surface area (Å²) in [6, 6.07) is 11.5. The van der Waals surface area contributed by atoms with Crippen LogP contribution in [0.4, 0.5) is 0 Å². The van der Waals surface area contributed by atoms with E-state index < -0.39 is 37.9 Å². The van der Waals surface area contributed by atoms with E-state index in [1.165, 1.54) is 16.8 Å². The normalized spacial score (nSPS) is 23.5. The molecule has 2 atom stereocenters. The molecule has 0 bridgehead atoms. The molecule has 0 saturated carbocycles. The van der Waals surface area contributed by atoms with Gasteiger partial charge in [0.15, 0.2) is 0 Å². The molecule has 0 aliphatic carbocycles. The number of likely N-dealkylation sites (tertiary alicyclic amines) is 1. The van der Waals surface area contributed by atoms with Crippen molar-refractivity contribution in [3.05, 3.63) is 54.2 Å². The summed E-state index contributed by atoms with van der Waals surface area (Å²) in [5.41, 5.74) is 0.274. The van der Waals surface area contributed by atoms with Crippen LogP contribution in [0.1, 0.15) is 45.4 Å². The predicted molar refractivity (Wildman–Crippen MR) is 144 cm³/mol. The Bertz CT molecular complexity index is 1410. The van der Waals surface area contributed by atoms with Crippen LogP contribution in [0.15, 0.2) is 59.1 Å². The number of carbonyl (C=O) groups is 1. The molecule has 2 aromatic carbocycles. The number of sulfonamides is 2. The molecule has 2 saturated heterocycles. The van der Waals surface area contributed by atoms with E-state index in [9.17, 15) is 21.6 Å². The van der Waals surface area contributed by atoms with Gasteiger partial charge in [-0.25, -0.2) is 21.1 Å². The lowest BCUT2D eigenvalue weighted by Gasteiger charge is -2.28. The number of nitrogens with zero attached hydrogens (tertiary/aromatic N) is 3. The molecule has 10 heteroatoms. The summed E-state index contributed by atoms with van der Waals surface area (Å²) in [5, 5.41) is 1.66. The highest BCUT2D eigenvalue weighted by molar-refractivity contribution is 7.90. The standard InChI is InChI=1S/C27H35N3O5S2/c1-2-9-24-26-25(14-18-29(26)36(32,33)19-8-17-28-15-6-3-7-16-28)30(27(24)31)37(34,35)23-13-12-21-10-4-5-11-22(21)20-23/h4-5,10-14,20,24,26H,2-3,6-9,15-19H2,1H3/t24-,26-/m1/s1. The van der Waals surface area contributed by atoms with Crippen molar-refractivity contribution < 1.29 is 21.6 Å². The number of hydrogen-bond acceptors (Lipinski definition) is 6. The van der Waals surface area contributed by atoms with Crippen molar-refractivity contribution in [3.8, 4) is 0 Å². The van der Waals surface area contributed by atoms with Crippen LogP contribution >= 0.6 is 0 Å². The minimum Gasteiger partial charge on any atom is -0.303 e. The van der Waals surface area contributed by atoms with Gasteiger partial charge in [-0.05, 0) is 74.3 Å². The van der Waals surface area contributed by atoms with E-state index >= 15 is 0 Å². The van der Waals surface area contributed by atoms with Gasteiger partial charge in [0, 0.05) is 6.54 Å². The number of rotatable bonds is 9. The van der Waals surface area contributed by atoms with Gasteiger partial charge < -0.3 is 4.90 Å². The van der Waals surface area contributed by atoms with Crippen molar-refractivity contribution in [2.75, 3.05) is 31.9 Å².